The molecule has 1 unspecified atom stereocenters. The molecule has 6 rings (SSSR count). The molecule has 1 fully saturated rings. The highest BCUT2D eigenvalue weighted by Crippen LogP contribution is 2.68. The Morgan fingerprint density at radius 3 is 1.89 bits per heavy atom. The van der Waals surface area contributed by atoms with E-state index < -0.39 is 80.3 Å². The van der Waals surface area contributed by atoms with Crippen molar-refractivity contribution in [2.45, 2.75) is 59.2 Å². The third kappa shape index (κ3) is 3.65. The normalized spacial score (nSPS) is 30.7. The van der Waals surface area contributed by atoms with Crippen molar-refractivity contribution in [3.63, 3.8) is 0 Å². The van der Waals surface area contributed by atoms with E-state index in [1.165, 1.54) is 6.92 Å². The van der Waals surface area contributed by atoms with E-state index in [1.807, 2.05) is 54.6 Å². The predicted octanol–water partition coefficient (Wildman–Crippen LogP) is 6.06. The molecule has 5 N–H and O–H groups in total. The molecule has 0 amide bonds. The summed E-state index contributed by atoms with van der Waals surface area (Å²) in [6, 6.07) is 20.2. The minimum Gasteiger partial charge on any atom is -0.508 e. The lowest BCUT2D eigenvalue weighted by atomic mass is 9.40. The lowest BCUT2D eigenvalue weighted by Crippen LogP contribution is -2.75. The zero-order valence-corrected chi connectivity index (χ0v) is 26.6. The molecule has 46 heavy (non-hydrogen) atoms. The van der Waals surface area contributed by atoms with E-state index >= 15 is 0 Å². The van der Waals surface area contributed by atoms with Gasteiger partial charge in [0.05, 0.1) is 17.2 Å². The van der Waals surface area contributed by atoms with Gasteiger partial charge in [-0.15, -0.1) is 0 Å². The average Bonchev–Trinajstić information content (AvgIpc) is 3.01. The number of fused-ring (bicyclic) bond motifs is 3. The fourth-order valence-corrected chi connectivity index (χ4v) is 8.76. The maximum absolute atomic E-state index is 14.8. The van der Waals surface area contributed by atoms with Gasteiger partial charge in [-0.2, -0.15) is 0 Å². The van der Waals surface area contributed by atoms with Crippen molar-refractivity contribution < 1.29 is 39.9 Å². The number of Topliss-reactive ketones (excluding diaryl/α,β-unsaturated/α-hetero) is 3. The summed E-state index contributed by atoms with van der Waals surface area (Å²) in [6.45, 7) is 9.19. The summed E-state index contributed by atoms with van der Waals surface area (Å²) < 4.78 is 0. The number of rotatable bonds is 4. The number of hydrogen-bond acceptors (Lipinski definition) is 8. The maximum atomic E-state index is 14.8. The lowest BCUT2D eigenvalue weighted by molar-refractivity contribution is -0.215. The summed E-state index contributed by atoms with van der Waals surface area (Å²) in [6.07, 6.45) is -1.70. The Morgan fingerprint density at radius 1 is 0.870 bits per heavy atom. The van der Waals surface area contributed by atoms with Crippen LogP contribution in [-0.4, -0.2) is 54.6 Å². The molecule has 0 radical (unpaired) electrons. The highest BCUT2D eigenvalue weighted by atomic mass is 16.4. The number of benzene rings is 3. The van der Waals surface area contributed by atoms with E-state index in [0.29, 0.717) is 22.3 Å². The summed E-state index contributed by atoms with van der Waals surface area (Å²) in [5, 5.41) is 60.5. The number of carbonyl (C=O) groups excluding carboxylic acids is 3. The molecule has 3 aromatic carbocycles. The second kappa shape index (κ2) is 10.2. The maximum Gasteiger partial charge on any atom is 0.203 e. The quantitative estimate of drug-likeness (QED) is 0.220. The minimum atomic E-state index is -2.94. The molecule has 6 atom stereocenters. The number of phenolic OH excluding ortho intramolecular Hbond substituents is 1. The van der Waals surface area contributed by atoms with E-state index in [1.54, 1.807) is 39.8 Å². The van der Waals surface area contributed by atoms with Gasteiger partial charge in [-0.25, -0.2) is 0 Å². The van der Waals surface area contributed by atoms with Crippen molar-refractivity contribution in [3.8, 4) is 28.0 Å². The number of carbonyl (C=O) groups is 3. The number of ketones is 3. The first kappa shape index (κ1) is 31.5. The van der Waals surface area contributed by atoms with Gasteiger partial charge in [0.2, 0.25) is 5.78 Å². The number of allylic oxidation sites excluding steroid dienone is 1. The molecule has 0 aromatic heterocycles. The van der Waals surface area contributed by atoms with Gasteiger partial charge in [-0.3, -0.25) is 14.4 Å². The third-order valence-corrected chi connectivity index (χ3v) is 11.1. The second-order valence-electron chi connectivity index (χ2n) is 13.7. The van der Waals surface area contributed by atoms with E-state index in [0.717, 1.165) is 12.5 Å². The topological polar surface area (TPSA) is 152 Å². The monoisotopic (exact) mass is 622 g/mol. The van der Waals surface area contributed by atoms with Crippen molar-refractivity contribution in [2.24, 2.45) is 22.7 Å². The predicted molar refractivity (Wildman–Crippen MR) is 173 cm³/mol. The second-order valence-corrected chi connectivity index (χ2v) is 13.7. The highest BCUT2D eigenvalue weighted by Gasteiger charge is 2.77. The number of hydrogen-bond donors (Lipinski definition) is 5. The van der Waals surface area contributed by atoms with Gasteiger partial charge in [0, 0.05) is 22.3 Å². The molecule has 0 bridgehead atoms. The Morgan fingerprint density at radius 2 is 1.39 bits per heavy atom. The molecule has 3 aliphatic carbocycles. The Labute approximate surface area is 267 Å². The molecular weight excluding hydrogens is 584 g/mol. The number of phenols is 1. The molecule has 0 aliphatic heterocycles. The van der Waals surface area contributed by atoms with Crippen LogP contribution >= 0.6 is 0 Å². The first-order chi connectivity index (χ1) is 21.6. The number of aliphatic hydroxyl groups is 4. The Kier molecular flexibility index (Phi) is 7.00. The molecule has 8 nitrogen and oxygen atoms in total. The first-order valence-corrected chi connectivity index (χ1v) is 15.5. The smallest absolute Gasteiger partial charge is 0.203 e. The summed E-state index contributed by atoms with van der Waals surface area (Å²) in [4.78, 5) is 41.4. The van der Waals surface area contributed by atoms with Crippen LogP contribution in [0.5, 0.6) is 5.75 Å². The minimum absolute atomic E-state index is 0.0320. The lowest BCUT2D eigenvalue weighted by Gasteiger charge is -2.63. The molecule has 3 aliphatic rings. The molecule has 1 saturated carbocycles. The van der Waals surface area contributed by atoms with Gasteiger partial charge >= 0.3 is 0 Å². The van der Waals surface area contributed by atoms with E-state index in [4.69, 9.17) is 0 Å². The van der Waals surface area contributed by atoms with Crippen LogP contribution in [0.2, 0.25) is 0 Å². The molecule has 0 heterocycles. The Balaban J connectivity index is 1.76. The van der Waals surface area contributed by atoms with Gasteiger partial charge in [-0.05, 0) is 47.1 Å². The van der Waals surface area contributed by atoms with Gasteiger partial charge in [-0.1, -0.05) is 95.3 Å². The van der Waals surface area contributed by atoms with Gasteiger partial charge in [0.25, 0.3) is 0 Å². The van der Waals surface area contributed by atoms with Gasteiger partial charge in [0.1, 0.15) is 22.8 Å². The molecule has 0 spiro atoms. The van der Waals surface area contributed by atoms with Crippen molar-refractivity contribution in [3.05, 3.63) is 94.8 Å². The van der Waals surface area contributed by atoms with Crippen LogP contribution < -0.4 is 0 Å². The number of aromatic hydroxyl groups is 1. The Bertz CT molecular complexity index is 1890. The summed E-state index contributed by atoms with van der Waals surface area (Å²) in [5.74, 6) is -7.43. The van der Waals surface area contributed by atoms with Crippen LogP contribution in [0.1, 0.15) is 58.6 Å². The van der Waals surface area contributed by atoms with Crippen LogP contribution in [0.25, 0.3) is 28.0 Å². The van der Waals surface area contributed by atoms with E-state index in [-0.39, 0.29) is 11.3 Å². The molecule has 8 heteroatoms. The average molecular weight is 623 g/mol. The van der Waals surface area contributed by atoms with Crippen molar-refractivity contribution in [1.29, 1.82) is 0 Å². The number of aliphatic hydroxyl groups excluding tert-OH is 3. The van der Waals surface area contributed by atoms with Crippen LogP contribution in [0, 0.1) is 22.7 Å². The standard InChI is InChI=1S/C38H38O8/c1-18(2)28-31(41)26(20(4)39)33(43)38(46)34(44)29-32(42)27-25(19(3)36(29,5)35(45)37(28,38)6)23(21-13-9-7-10-14-21)17-24(30(27)40)22-15-11-8-12-16-22/h7-19,28,35,40,42-43,45-46H,1-6H3/t19-,28?,35-,36+,37+,38+/m1/s1. The molecule has 3 aromatic rings. The molecule has 0 saturated heterocycles. The van der Waals surface area contributed by atoms with Gasteiger partial charge < -0.3 is 25.5 Å². The van der Waals surface area contributed by atoms with Crippen molar-refractivity contribution in [2.75, 3.05) is 0 Å². The molecular formula is C38H38O8. The summed E-state index contributed by atoms with van der Waals surface area (Å²) >= 11 is 0. The largest absolute Gasteiger partial charge is 0.508 e. The fourth-order valence-electron chi connectivity index (χ4n) is 8.76. The van der Waals surface area contributed by atoms with Crippen LogP contribution in [0.4, 0.5) is 0 Å². The third-order valence-electron chi connectivity index (χ3n) is 11.1. The van der Waals surface area contributed by atoms with Gasteiger partial charge in [0.15, 0.2) is 17.2 Å². The summed E-state index contributed by atoms with van der Waals surface area (Å²) in [7, 11) is 0. The van der Waals surface area contributed by atoms with E-state index in [2.05, 4.69) is 0 Å². The molecule has 238 valence electrons. The first-order valence-electron chi connectivity index (χ1n) is 15.5. The fraction of sp³-hybridized carbons (Fsp3) is 0.342. The highest BCUT2D eigenvalue weighted by molar-refractivity contribution is 6.24. The zero-order chi connectivity index (χ0) is 33.7. The summed E-state index contributed by atoms with van der Waals surface area (Å²) in [5.41, 5.74) is -4.78. The van der Waals surface area contributed by atoms with Crippen LogP contribution in [0.15, 0.2) is 83.6 Å². The van der Waals surface area contributed by atoms with Crippen LogP contribution in [0.3, 0.4) is 0 Å². The SMILES string of the molecule is CC(=O)C1=C(O)[C@]2(O)C(=O)C3=C(O)c4c(O)c(-c5ccccc5)cc(-c5ccccc5)c4[C@@H](C)[C@]3(C)[C@@H](O)[C@]2(C)C(C(C)C)C1=O. The van der Waals surface area contributed by atoms with E-state index in [9.17, 15) is 39.9 Å². The van der Waals surface area contributed by atoms with Crippen LogP contribution in [-0.2, 0) is 14.4 Å². The zero-order valence-electron chi connectivity index (χ0n) is 26.6. The Hall–Kier alpha value is -4.53. The van der Waals surface area contributed by atoms with Crippen molar-refractivity contribution in [1.82, 2.24) is 0 Å². The van der Waals surface area contributed by atoms with Crippen molar-refractivity contribution >= 4 is 23.1 Å².